The van der Waals surface area contributed by atoms with Crippen LogP contribution in [0.25, 0.3) is 0 Å². The van der Waals surface area contributed by atoms with Crippen molar-refractivity contribution in [2.75, 3.05) is 0 Å². The van der Waals surface area contributed by atoms with Gasteiger partial charge in [0.25, 0.3) is 0 Å². The summed E-state index contributed by atoms with van der Waals surface area (Å²) in [5, 5.41) is 0. The molecule has 90 valence electrons. The van der Waals surface area contributed by atoms with Gasteiger partial charge in [-0.25, -0.2) is 0 Å². The van der Waals surface area contributed by atoms with E-state index >= 15 is 0 Å². The van der Waals surface area contributed by atoms with Crippen molar-refractivity contribution in [1.82, 2.24) is 0 Å². The van der Waals surface area contributed by atoms with Crippen LogP contribution in [0, 0.1) is 5.92 Å². The van der Waals surface area contributed by atoms with Crippen molar-refractivity contribution in [1.29, 1.82) is 0 Å². The average Bonchev–Trinajstić information content (AvgIpc) is 2.15. The number of ether oxygens (including phenoxy) is 1. The van der Waals surface area contributed by atoms with Crippen molar-refractivity contribution >= 4 is 23.5 Å². The van der Waals surface area contributed by atoms with Crippen molar-refractivity contribution in [2.45, 2.75) is 40.0 Å². The van der Waals surface area contributed by atoms with E-state index < -0.39 is 24.3 Å². The molecule has 0 fully saturated rings. The summed E-state index contributed by atoms with van der Waals surface area (Å²) in [4.78, 5) is 44.1. The molecule has 0 radical (unpaired) electrons. The summed E-state index contributed by atoms with van der Waals surface area (Å²) in [5.74, 6) is -3.39. The first-order chi connectivity index (χ1) is 7.38. The molecule has 0 rings (SSSR count). The third-order valence-electron chi connectivity index (χ3n) is 1.94. The Morgan fingerprint density at radius 1 is 1.19 bits per heavy atom. The van der Waals surface area contributed by atoms with Crippen molar-refractivity contribution in [3.63, 3.8) is 0 Å². The quantitative estimate of drug-likeness (QED) is 0.501. The fraction of sp³-hybridized carbons (Fsp3) is 0.636. The summed E-state index contributed by atoms with van der Waals surface area (Å²) in [6.45, 7) is 4.43. The number of hydrogen-bond donors (Lipinski definition) is 0. The molecule has 1 unspecified atom stereocenters. The maximum Gasteiger partial charge on any atom is 0.323 e. The molecule has 0 aliphatic rings. The van der Waals surface area contributed by atoms with Crippen LogP contribution in [0.2, 0.25) is 0 Å². The van der Waals surface area contributed by atoms with Crippen LogP contribution in [0.1, 0.15) is 40.0 Å². The van der Waals surface area contributed by atoms with Gasteiger partial charge in [0.15, 0.2) is 0 Å². The number of ketones is 2. The zero-order valence-corrected chi connectivity index (χ0v) is 9.74. The van der Waals surface area contributed by atoms with Gasteiger partial charge in [-0.1, -0.05) is 6.92 Å². The number of hydrogen-bond acceptors (Lipinski definition) is 5. The van der Waals surface area contributed by atoms with E-state index in [1.54, 1.807) is 0 Å². The Hall–Kier alpha value is -1.52. The number of carbonyl (C=O) groups is 4. The Balaban J connectivity index is 4.20. The molecule has 0 aliphatic carbocycles. The van der Waals surface area contributed by atoms with Crippen molar-refractivity contribution in [2.24, 2.45) is 5.92 Å². The van der Waals surface area contributed by atoms with E-state index in [2.05, 4.69) is 4.74 Å². The average molecular weight is 228 g/mol. The number of carbonyl (C=O) groups excluding carboxylic acids is 4. The molecule has 5 nitrogen and oxygen atoms in total. The molecular formula is C11H16O5. The highest BCUT2D eigenvalue weighted by Gasteiger charge is 2.24. The summed E-state index contributed by atoms with van der Waals surface area (Å²) >= 11 is 0. The molecule has 0 heterocycles. The first-order valence-corrected chi connectivity index (χ1v) is 5.15. The fourth-order valence-corrected chi connectivity index (χ4v) is 1.03. The SMILES string of the molecule is CCCC(=O)C(C)C(=O)OC(=O)CC(C)=O. The molecule has 0 aromatic rings. The minimum Gasteiger partial charge on any atom is -0.392 e. The first-order valence-electron chi connectivity index (χ1n) is 5.15. The zero-order chi connectivity index (χ0) is 12.7. The van der Waals surface area contributed by atoms with E-state index in [1.165, 1.54) is 13.8 Å². The lowest BCUT2D eigenvalue weighted by Gasteiger charge is -2.07. The van der Waals surface area contributed by atoms with Crippen LogP contribution in [0.5, 0.6) is 0 Å². The van der Waals surface area contributed by atoms with E-state index in [0.29, 0.717) is 6.42 Å². The maximum atomic E-state index is 11.3. The van der Waals surface area contributed by atoms with Crippen molar-refractivity contribution < 1.29 is 23.9 Å². The highest BCUT2D eigenvalue weighted by atomic mass is 16.6. The van der Waals surface area contributed by atoms with Crippen molar-refractivity contribution in [3.8, 4) is 0 Å². The van der Waals surface area contributed by atoms with Crippen LogP contribution in [-0.4, -0.2) is 23.5 Å². The predicted octanol–water partition coefficient (Wildman–Crippen LogP) is 1.04. The highest BCUT2D eigenvalue weighted by Crippen LogP contribution is 2.06. The molecule has 0 saturated heterocycles. The van der Waals surface area contributed by atoms with Crippen LogP contribution in [0.4, 0.5) is 0 Å². The first kappa shape index (κ1) is 14.5. The van der Waals surface area contributed by atoms with Crippen molar-refractivity contribution in [3.05, 3.63) is 0 Å². The Labute approximate surface area is 94.1 Å². The Kier molecular flexibility index (Phi) is 6.22. The minimum atomic E-state index is -0.948. The molecular weight excluding hydrogens is 212 g/mol. The molecule has 0 N–H and O–H groups in total. The largest absolute Gasteiger partial charge is 0.392 e. The van der Waals surface area contributed by atoms with Crippen LogP contribution < -0.4 is 0 Å². The third-order valence-corrected chi connectivity index (χ3v) is 1.94. The van der Waals surface area contributed by atoms with Gasteiger partial charge >= 0.3 is 11.9 Å². The Morgan fingerprint density at radius 3 is 2.19 bits per heavy atom. The standard InChI is InChI=1S/C11H16O5/c1-4-5-9(13)8(3)11(15)16-10(14)6-7(2)12/h8H,4-6H2,1-3H3. The second-order valence-corrected chi connectivity index (χ2v) is 3.61. The van der Waals surface area contributed by atoms with Gasteiger partial charge in [0.1, 0.15) is 23.9 Å². The molecule has 5 heteroatoms. The lowest BCUT2D eigenvalue weighted by molar-refractivity contribution is -0.163. The smallest absolute Gasteiger partial charge is 0.323 e. The lowest BCUT2D eigenvalue weighted by atomic mass is 10.0. The normalized spacial score (nSPS) is 11.7. The number of rotatable bonds is 6. The Morgan fingerprint density at radius 2 is 1.75 bits per heavy atom. The summed E-state index contributed by atoms with van der Waals surface area (Å²) < 4.78 is 4.37. The van der Waals surface area contributed by atoms with E-state index in [1.807, 2.05) is 6.92 Å². The molecule has 0 saturated carbocycles. The zero-order valence-electron chi connectivity index (χ0n) is 9.74. The summed E-state index contributed by atoms with van der Waals surface area (Å²) in [7, 11) is 0. The summed E-state index contributed by atoms with van der Waals surface area (Å²) in [5.41, 5.74) is 0. The topological polar surface area (TPSA) is 77.5 Å². The maximum absolute atomic E-state index is 11.3. The van der Waals surface area contributed by atoms with Gasteiger partial charge in [-0.3, -0.25) is 19.2 Å². The van der Waals surface area contributed by atoms with E-state index in [9.17, 15) is 19.2 Å². The van der Waals surface area contributed by atoms with Crippen LogP contribution >= 0.6 is 0 Å². The molecule has 0 spiro atoms. The summed E-state index contributed by atoms with van der Waals surface area (Å²) in [6, 6.07) is 0. The van der Waals surface area contributed by atoms with Crippen LogP contribution in [-0.2, 0) is 23.9 Å². The fourth-order valence-electron chi connectivity index (χ4n) is 1.03. The molecule has 0 amide bonds. The van der Waals surface area contributed by atoms with Gasteiger partial charge < -0.3 is 4.74 Å². The molecule has 0 aliphatic heterocycles. The van der Waals surface area contributed by atoms with E-state index in [4.69, 9.17) is 0 Å². The highest BCUT2D eigenvalue weighted by molar-refractivity contribution is 6.04. The predicted molar refractivity (Wildman–Crippen MR) is 55.5 cm³/mol. The second-order valence-electron chi connectivity index (χ2n) is 3.61. The van der Waals surface area contributed by atoms with Gasteiger partial charge in [0.2, 0.25) is 0 Å². The number of esters is 2. The van der Waals surface area contributed by atoms with Gasteiger partial charge in [0.05, 0.1) is 0 Å². The van der Waals surface area contributed by atoms with Crippen LogP contribution in [0.3, 0.4) is 0 Å². The van der Waals surface area contributed by atoms with Gasteiger partial charge in [-0.15, -0.1) is 0 Å². The van der Waals surface area contributed by atoms with Crippen LogP contribution in [0.15, 0.2) is 0 Å². The second kappa shape index (κ2) is 6.87. The third kappa shape index (κ3) is 5.38. The summed E-state index contributed by atoms with van der Waals surface area (Å²) in [6.07, 6.45) is 0.468. The lowest BCUT2D eigenvalue weighted by Crippen LogP contribution is -2.26. The molecule has 0 aromatic heterocycles. The Bertz CT molecular complexity index is 305. The monoisotopic (exact) mass is 228 g/mol. The van der Waals surface area contributed by atoms with E-state index in [-0.39, 0.29) is 18.0 Å². The van der Waals surface area contributed by atoms with E-state index in [0.717, 1.165) is 0 Å². The number of Topliss-reactive ketones (excluding diaryl/α,β-unsaturated/α-hetero) is 2. The molecule has 0 bridgehead atoms. The molecule has 1 atom stereocenters. The van der Waals surface area contributed by atoms with Gasteiger partial charge in [-0.2, -0.15) is 0 Å². The molecule has 0 aromatic carbocycles. The molecule has 16 heavy (non-hydrogen) atoms. The van der Waals surface area contributed by atoms with Gasteiger partial charge in [0, 0.05) is 6.42 Å². The minimum absolute atomic E-state index is 0.261. The van der Waals surface area contributed by atoms with Gasteiger partial charge in [-0.05, 0) is 20.3 Å².